The van der Waals surface area contributed by atoms with Gasteiger partial charge in [-0.05, 0) is 12.1 Å². The van der Waals surface area contributed by atoms with E-state index in [2.05, 4.69) is 21.4 Å². The summed E-state index contributed by atoms with van der Waals surface area (Å²) in [5.74, 6) is 0.325. The third-order valence-corrected chi connectivity index (χ3v) is 4.56. The van der Waals surface area contributed by atoms with E-state index in [1.54, 1.807) is 19.2 Å². The highest BCUT2D eigenvalue weighted by atomic mass is 32.2. The van der Waals surface area contributed by atoms with E-state index in [4.69, 9.17) is 15.2 Å². The number of rotatable bonds is 8. The number of hydrogen-bond donors (Lipinski definition) is 2. The molecule has 0 aliphatic carbocycles. The molecule has 0 atom stereocenters. The maximum absolute atomic E-state index is 11.5. The molecule has 0 unspecified atom stereocenters. The van der Waals surface area contributed by atoms with Gasteiger partial charge in [0.25, 0.3) is 0 Å². The number of pyridine rings is 2. The van der Waals surface area contributed by atoms with Crippen molar-refractivity contribution in [1.29, 1.82) is 10.5 Å². The fraction of sp³-hybridized carbons (Fsp3) is 0.278. The van der Waals surface area contributed by atoms with Crippen LogP contribution < -0.4 is 15.8 Å². The number of nitrogens with two attached hydrogens (primary N) is 1. The van der Waals surface area contributed by atoms with Gasteiger partial charge < -0.3 is 20.5 Å². The van der Waals surface area contributed by atoms with Gasteiger partial charge in [-0.2, -0.15) is 10.5 Å². The Morgan fingerprint density at radius 1 is 1.29 bits per heavy atom. The molecule has 3 N–H and O–H groups in total. The van der Waals surface area contributed by atoms with Crippen molar-refractivity contribution >= 4 is 23.5 Å². The Morgan fingerprint density at radius 3 is 2.61 bits per heavy atom. The van der Waals surface area contributed by atoms with E-state index in [-0.39, 0.29) is 39.2 Å². The van der Waals surface area contributed by atoms with Crippen LogP contribution >= 0.6 is 11.8 Å². The van der Waals surface area contributed by atoms with E-state index in [1.807, 2.05) is 6.07 Å². The van der Waals surface area contributed by atoms with Gasteiger partial charge in [-0.25, -0.2) is 4.98 Å². The largest absolute Gasteiger partial charge is 0.490 e. The summed E-state index contributed by atoms with van der Waals surface area (Å²) in [4.78, 5) is 20.0. The predicted octanol–water partition coefficient (Wildman–Crippen LogP) is 1.33. The molecule has 2 aromatic heterocycles. The molecular weight excluding hydrogens is 380 g/mol. The van der Waals surface area contributed by atoms with Crippen LogP contribution in [0.3, 0.4) is 0 Å². The second-order valence-corrected chi connectivity index (χ2v) is 6.30. The first-order valence-corrected chi connectivity index (χ1v) is 9.09. The monoisotopic (exact) mass is 398 g/mol. The van der Waals surface area contributed by atoms with Crippen LogP contribution in [0.4, 0.5) is 5.82 Å². The average Bonchev–Trinajstić information content (AvgIpc) is 2.72. The molecule has 0 aliphatic rings. The minimum absolute atomic E-state index is 0.0295. The minimum Gasteiger partial charge on any atom is -0.490 e. The molecule has 0 spiro atoms. The summed E-state index contributed by atoms with van der Waals surface area (Å²) in [5, 5.41) is 21.9. The number of nitrogen functional groups attached to an aromatic ring is 1. The molecule has 0 aliphatic heterocycles. The van der Waals surface area contributed by atoms with Crippen molar-refractivity contribution < 1.29 is 14.3 Å². The number of amides is 1. The molecule has 2 rings (SSSR count). The lowest BCUT2D eigenvalue weighted by atomic mass is 10.0. The number of methoxy groups -OCH3 is 1. The number of hydrogen-bond acceptors (Lipinski definition) is 9. The van der Waals surface area contributed by atoms with Crippen molar-refractivity contribution in [2.24, 2.45) is 0 Å². The third kappa shape index (κ3) is 4.88. The summed E-state index contributed by atoms with van der Waals surface area (Å²) < 4.78 is 10.4. The Morgan fingerprint density at radius 2 is 2.04 bits per heavy atom. The fourth-order valence-electron chi connectivity index (χ4n) is 2.22. The maximum Gasteiger partial charge on any atom is 0.230 e. The molecule has 10 heteroatoms. The Kier molecular flexibility index (Phi) is 7.57. The van der Waals surface area contributed by atoms with Crippen molar-refractivity contribution in [1.82, 2.24) is 15.3 Å². The summed E-state index contributed by atoms with van der Waals surface area (Å²) in [6.45, 7) is 0.804. The summed E-state index contributed by atoms with van der Waals surface area (Å²) in [6, 6.07) is 7.34. The van der Waals surface area contributed by atoms with Crippen molar-refractivity contribution in [3.8, 4) is 29.1 Å². The molecule has 0 radical (unpaired) electrons. The molecule has 0 bridgehead atoms. The molecular formula is C18H18N6O3S. The minimum atomic E-state index is -0.226. The third-order valence-electron chi connectivity index (χ3n) is 3.58. The van der Waals surface area contributed by atoms with Crippen LogP contribution in [0.5, 0.6) is 5.75 Å². The number of anilines is 1. The number of carbonyl (C=O) groups is 1. The quantitative estimate of drug-likeness (QED) is 0.496. The lowest BCUT2D eigenvalue weighted by Crippen LogP contribution is -2.20. The Balaban J connectivity index is 2.46. The fourth-order valence-corrected chi connectivity index (χ4v) is 3.09. The maximum atomic E-state index is 11.5. The number of aromatic nitrogens is 2. The normalized spacial score (nSPS) is 10.0. The SMILES string of the molecule is CNC(=O)CSc1nc(N)c(C#N)c(-c2ccc(OCCOC)cn2)c1C#N. The van der Waals surface area contributed by atoms with Crippen LogP contribution in [0.25, 0.3) is 11.3 Å². The predicted molar refractivity (Wildman–Crippen MR) is 103 cm³/mol. The number of carbonyl (C=O) groups excluding carboxylic acids is 1. The number of ether oxygens (including phenoxy) is 2. The topological polar surface area (TPSA) is 147 Å². The summed E-state index contributed by atoms with van der Waals surface area (Å²) in [5.41, 5.74) is 6.77. The summed E-state index contributed by atoms with van der Waals surface area (Å²) >= 11 is 1.06. The van der Waals surface area contributed by atoms with Gasteiger partial charge in [0.15, 0.2) is 0 Å². The Hall–Kier alpha value is -3.34. The van der Waals surface area contributed by atoms with Crippen LogP contribution in [-0.2, 0) is 9.53 Å². The molecule has 9 nitrogen and oxygen atoms in total. The van der Waals surface area contributed by atoms with Gasteiger partial charge in [-0.3, -0.25) is 9.78 Å². The van der Waals surface area contributed by atoms with E-state index in [0.29, 0.717) is 24.7 Å². The van der Waals surface area contributed by atoms with Crippen molar-refractivity contribution in [2.45, 2.75) is 5.03 Å². The zero-order chi connectivity index (χ0) is 20.5. The molecule has 0 fully saturated rings. The van der Waals surface area contributed by atoms with E-state index >= 15 is 0 Å². The first kappa shape index (κ1) is 21.0. The molecule has 144 valence electrons. The number of thioether (sulfide) groups is 1. The lowest BCUT2D eigenvalue weighted by molar-refractivity contribution is -0.118. The van der Waals surface area contributed by atoms with Crippen LogP contribution in [0.15, 0.2) is 23.4 Å². The first-order valence-electron chi connectivity index (χ1n) is 8.10. The Bertz CT molecular complexity index is 934. The highest BCUT2D eigenvalue weighted by Gasteiger charge is 2.22. The van der Waals surface area contributed by atoms with Crippen LogP contribution in [-0.4, -0.2) is 49.0 Å². The molecule has 0 saturated carbocycles. The van der Waals surface area contributed by atoms with E-state index in [1.165, 1.54) is 13.2 Å². The zero-order valence-electron chi connectivity index (χ0n) is 15.4. The van der Waals surface area contributed by atoms with Crippen molar-refractivity contribution in [3.63, 3.8) is 0 Å². The molecule has 0 aromatic carbocycles. The second kappa shape index (κ2) is 10.1. The van der Waals surface area contributed by atoms with Gasteiger partial charge in [0.1, 0.15) is 40.9 Å². The van der Waals surface area contributed by atoms with Crippen molar-refractivity contribution in [3.05, 3.63) is 29.5 Å². The van der Waals surface area contributed by atoms with Gasteiger partial charge in [0, 0.05) is 19.7 Å². The first-order chi connectivity index (χ1) is 13.5. The molecule has 28 heavy (non-hydrogen) atoms. The van der Waals surface area contributed by atoms with E-state index < -0.39 is 0 Å². The van der Waals surface area contributed by atoms with E-state index in [9.17, 15) is 15.3 Å². The molecule has 2 aromatic rings. The Labute approximate surface area is 166 Å². The molecule has 0 saturated heterocycles. The van der Waals surface area contributed by atoms with Gasteiger partial charge in [-0.1, -0.05) is 11.8 Å². The van der Waals surface area contributed by atoms with Crippen molar-refractivity contribution in [2.75, 3.05) is 38.9 Å². The van der Waals surface area contributed by atoms with E-state index in [0.717, 1.165) is 11.8 Å². The number of nitriles is 2. The highest BCUT2D eigenvalue weighted by Crippen LogP contribution is 2.35. The standard InChI is InChI=1S/C18H18N6O3S/c1-22-15(25)10-28-18-13(8-20)16(12(7-19)17(21)24-18)14-4-3-11(9-23-14)27-6-5-26-2/h3-4,9H,5-6,10H2,1-2H3,(H2,21,24)(H,22,25). The summed E-state index contributed by atoms with van der Waals surface area (Å²) in [7, 11) is 3.09. The molecule has 1 amide bonds. The van der Waals surface area contributed by atoms with Gasteiger partial charge in [0.2, 0.25) is 5.91 Å². The van der Waals surface area contributed by atoms with Gasteiger partial charge >= 0.3 is 0 Å². The highest BCUT2D eigenvalue weighted by molar-refractivity contribution is 8.00. The van der Waals surface area contributed by atoms with Crippen LogP contribution in [0.1, 0.15) is 11.1 Å². The zero-order valence-corrected chi connectivity index (χ0v) is 16.2. The summed E-state index contributed by atoms with van der Waals surface area (Å²) in [6.07, 6.45) is 1.49. The van der Waals surface area contributed by atoms with Gasteiger partial charge in [-0.15, -0.1) is 0 Å². The van der Waals surface area contributed by atoms with Crippen LogP contribution in [0.2, 0.25) is 0 Å². The molecule has 2 heterocycles. The van der Waals surface area contributed by atoms with Crippen LogP contribution in [0, 0.1) is 22.7 Å². The lowest BCUT2D eigenvalue weighted by Gasteiger charge is -2.12. The number of nitrogens with one attached hydrogen (secondary N) is 1. The second-order valence-electron chi connectivity index (χ2n) is 5.33. The number of nitrogens with zero attached hydrogens (tertiary/aromatic N) is 4. The smallest absolute Gasteiger partial charge is 0.230 e. The average molecular weight is 398 g/mol. The van der Waals surface area contributed by atoms with Gasteiger partial charge in [0.05, 0.1) is 29.8 Å².